The van der Waals surface area contributed by atoms with E-state index in [-0.39, 0.29) is 24.0 Å². The van der Waals surface area contributed by atoms with Gasteiger partial charge in [0.05, 0.1) is 10.9 Å². The number of amides is 2. The minimum absolute atomic E-state index is 0.000380. The summed E-state index contributed by atoms with van der Waals surface area (Å²) in [4.78, 5) is 24.4. The highest BCUT2D eigenvalue weighted by Gasteiger charge is 2.11. The molecule has 9 heteroatoms. The Balaban J connectivity index is 1.46. The Morgan fingerprint density at radius 3 is 2.52 bits per heavy atom. The molecule has 0 heterocycles. The summed E-state index contributed by atoms with van der Waals surface area (Å²) in [6.45, 7) is 1.66. The molecule has 31 heavy (non-hydrogen) atoms. The van der Waals surface area contributed by atoms with E-state index in [9.17, 15) is 9.59 Å². The lowest BCUT2D eigenvalue weighted by Crippen LogP contribution is -2.50. The molecule has 2 amide bonds. The lowest BCUT2D eigenvalue weighted by molar-refractivity contribution is -0.124. The summed E-state index contributed by atoms with van der Waals surface area (Å²) in [5.41, 5.74) is 6.69. The van der Waals surface area contributed by atoms with Crippen LogP contribution in [0.1, 0.15) is 11.1 Å². The van der Waals surface area contributed by atoms with Crippen LogP contribution in [0.2, 0.25) is 0 Å². The van der Waals surface area contributed by atoms with Gasteiger partial charge in [-0.15, -0.1) is 0 Å². The van der Waals surface area contributed by atoms with E-state index in [1.165, 1.54) is 0 Å². The van der Waals surface area contributed by atoms with Crippen molar-refractivity contribution >= 4 is 71.8 Å². The minimum Gasteiger partial charge on any atom is -0.482 e. The first-order chi connectivity index (χ1) is 14.8. The van der Waals surface area contributed by atoms with Crippen molar-refractivity contribution in [3.8, 4) is 5.75 Å². The van der Waals surface area contributed by atoms with Crippen molar-refractivity contribution < 1.29 is 14.3 Å². The first-order valence-corrected chi connectivity index (χ1v) is 11.3. The van der Waals surface area contributed by atoms with Gasteiger partial charge in [0.1, 0.15) is 5.75 Å². The fourth-order valence-corrected chi connectivity index (χ4v) is 4.71. The Morgan fingerprint density at radius 1 is 1.00 bits per heavy atom. The number of thiocarbonyl (C=S) groups is 1. The molecule has 0 atom stereocenters. The van der Waals surface area contributed by atoms with Crippen LogP contribution in [0.5, 0.6) is 5.75 Å². The molecule has 0 aliphatic rings. The summed E-state index contributed by atoms with van der Waals surface area (Å²) in [5.74, 6) is -0.155. The highest BCUT2D eigenvalue weighted by atomic mass is 79.9. The van der Waals surface area contributed by atoms with Crippen LogP contribution in [0.3, 0.4) is 0 Å². The first kappa shape index (κ1) is 23.2. The van der Waals surface area contributed by atoms with Crippen LogP contribution in [0.15, 0.2) is 63.5 Å². The summed E-state index contributed by atoms with van der Waals surface area (Å²) in [6, 6.07) is 17.4. The zero-order valence-corrected chi connectivity index (χ0v) is 20.5. The molecule has 0 aliphatic carbocycles. The van der Waals surface area contributed by atoms with E-state index in [2.05, 4.69) is 48.0 Å². The Bertz CT molecular complexity index is 1130. The Labute approximate surface area is 202 Å². The van der Waals surface area contributed by atoms with Crippen molar-refractivity contribution in [2.24, 2.45) is 0 Å². The maximum absolute atomic E-state index is 12.3. The molecule has 0 radical (unpaired) electrons. The van der Waals surface area contributed by atoms with Gasteiger partial charge in [0.2, 0.25) is 5.91 Å². The van der Waals surface area contributed by atoms with Crippen LogP contribution in [-0.2, 0) is 16.0 Å². The topological polar surface area (TPSA) is 79.5 Å². The number of rotatable bonds is 5. The van der Waals surface area contributed by atoms with Crippen LogP contribution in [-0.4, -0.2) is 23.5 Å². The summed E-state index contributed by atoms with van der Waals surface area (Å²) in [6.07, 6.45) is 0.164. The van der Waals surface area contributed by atoms with Gasteiger partial charge in [-0.25, -0.2) is 0 Å². The highest BCUT2D eigenvalue weighted by molar-refractivity contribution is 9.11. The maximum Gasteiger partial charge on any atom is 0.276 e. The second-order valence-corrected chi connectivity index (χ2v) is 8.87. The maximum atomic E-state index is 12.3. The molecule has 0 bridgehead atoms. The number of benzene rings is 3. The molecule has 3 N–H and O–H groups in total. The second-order valence-electron chi connectivity index (χ2n) is 6.69. The van der Waals surface area contributed by atoms with E-state index in [4.69, 9.17) is 17.0 Å². The molecule has 6 nitrogen and oxygen atoms in total. The number of fused-ring (bicyclic) bond motifs is 1. The molecule has 0 unspecified atom stereocenters. The Morgan fingerprint density at radius 2 is 1.74 bits per heavy atom. The van der Waals surface area contributed by atoms with Crippen molar-refractivity contribution in [3.63, 3.8) is 0 Å². The fourth-order valence-electron chi connectivity index (χ4n) is 2.99. The van der Waals surface area contributed by atoms with Gasteiger partial charge in [-0.2, -0.15) is 0 Å². The highest BCUT2D eigenvalue weighted by Crippen LogP contribution is 2.32. The normalized spacial score (nSPS) is 10.4. The molecule has 0 saturated carbocycles. The van der Waals surface area contributed by atoms with Crippen LogP contribution in [0.25, 0.3) is 10.8 Å². The molecule has 0 spiro atoms. The number of aryl methyl sites for hydroxylation is 1. The zero-order chi connectivity index (χ0) is 22.4. The smallest absolute Gasteiger partial charge is 0.276 e. The van der Waals surface area contributed by atoms with Crippen LogP contribution in [0, 0.1) is 6.92 Å². The molecule has 0 saturated heterocycles. The number of carbonyl (C=O) groups excluding carboxylic acids is 2. The van der Waals surface area contributed by atoms with E-state index in [0.717, 1.165) is 30.8 Å². The third kappa shape index (κ3) is 6.49. The van der Waals surface area contributed by atoms with Crippen molar-refractivity contribution in [2.45, 2.75) is 13.3 Å². The second kappa shape index (κ2) is 10.7. The molecule has 0 aromatic heterocycles. The SMILES string of the molecule is Cc1cc(Br)cc(Br)c1OCC(=O)NNC(=S)NC(=O)Cc1cccc2ccccc12. The fraction of sp³-hybridized carbons (Fsp3) is 0.136. The molecular weight excluding hydrogens is 546 g/mol. The monoisotopic (exact) mass is 563 g/mol. The van der Waals surface area contributed by atoms with Crippen LogP contribution >= 0.6 is 44.1 Å². The third-order valence-corrected chi connectivity index (χ3v) is 5.59. The quantitative estimate of drug-likeness (QED) is 0.318. The lowest BCUT2D eigenvalue weighted by atomic mass is 10.0. The standard InChI is InChI=1S/C22H19Br2N3O3S/c1-13-9-16(23)11-18(24)21(13)30-12-20(29)26-27-22(31)25-19(28)10-15-7-4-6-14-5-2-3-8-17(14)15/h2-9,11H,10,12H2,1H3,(H,26,29)(H2,25,27,28,31). The van der Waals surface area contributed by atoms with E-state index in [1.807, 2.05) is 61.5 Å². The minimum atomic E-state index is -0.445. The van der Waals surface area contributed by atoms with Crippen molar-refractivity contribution in [1.82, 2.24) is 16.2 Å². The van der Waals surface area contributed by atoms with Gasteiger partial charge >= 0.3 is 0 Å². The van der Waals surface area contributed by atoms with Crippen LogP contribution in [0.4, 0.5) is 0 Å². The summed E-state index contributed by atoms with van der Waals surface area (Å²) >= 11 is 11.9. The molecular formula is C22H19Br2N3O3S. The van der Waals surface area contributed by atoms with Gasteiger partial charge in [-0.3, -0.25) is 20.4 Å². The molecule has 3 rings (SSSR count). The number of halogens is 2. The molecule has 3 aromatic carbocycles. The van der Waals surface area contributed by atoms with E-state index >= 15 is 0 Å². The molecule has 0 aliphatic heterocycles. The lowest BCUT2D eigenvalue weighted by Gasteiger charge is -2.13. The van der Waals surface area contributed by atoms with Gasteiger partial charge in [0.15, 0.2) is 11.7 Å². The largest absolute Gasteiger partial charge is 0.482 e. The number of ether oxygens (including phenoxy) is 1. The van der Waals surface area contributed by atoms with E-state index in [0.29, 0.717) is 5.75 Å². The third-order valence-electron chi connectivity index (χ3n) is 4.34. The van der Waals surface area contributed by atoms with Gasteiger partial charge < -0.3 is 10.1 Å². The van der Waals surface area contributed by atoms with Gasteiger partial charge in [-0.05, 0) is 69.1 Å². The van der Waals surface area contributed by atoms with Crippen molar-refractivity contribution in [3.05, 3.63) is 74.7 Å². The average molecular weight is 565 g/mol. The van der Waals surface area contributed by atoms with Crippen molar-refractivity contribution in [1.29, 1.82) is 0 Å². The molecule has 160 valence electrons. The number of nitrogens with one attached hydrogen (secondary N) is 3. The number of hydrazine groups is 1. The Kier molecular flexibility index (Phi) is 8.00. The van der Waals surface area contributed by atoms with Gasteiger partial charge in [0, 0.05) is 4.47 Å². The summed E-state index contributed by atoms with van der Waals surface area (Å²) in [7, 11) is 0. The average Bonchev–Trinajstić information content (AvgIpc) is 2.71. The van der Waals surface area contributed by atoms with Crippen LogP contribution < -0.4 is 20.9 Å². The zero-order valence-electron chi connectivity index (χ0n) is 16.5. The summed E-state index contributed by atoms with van der Waals surface area (Å²) in [5, 5.41) is 4.64. The van der Waals surface area contributed by atoms with Gasteiger partial charge in [0.25, 0.3) is 5.91 Å². The van der Waals surface area contributed by atoms with E-state index < -0.39 is 5.91 Å². The Hall–Kier alpha value is -2.49. The summed E-state index contributed by atoms with van der Waals surface area (Å²) < 4.78 is 7.20. The molecule has 0 fully saturated rings. The number of carbonyl (C=O) groups is 2. The first-order valence-electron chi connectivity index (χ1n) is 9.27. The number of hydrogen-bond acceptors (Lipinski definition) is 4. The molecule has 3 aromatic rings. The predicted octanol–water partition coefficient (Wildman–Crippen LogP) is 4.32. The van der Waals surface area contributed by atoms with Gasteiger partial charge in [-0.1, -0.05) is 58.4 Å². The van der Waals surface area contributed by atoms with Crippen molar-refractivity contribution in [2.75, 3.05) is 6.61 Å². The van der Waals surface area contributed by atoms with E-state index in [1.54, 1.807) is 0 Å². The predicted molar refractivity (Wildman–Crippen MR) is 132 cm³/mol. The number of hydrogen-bond donors (Lipinski definition) is 3.